The summed E-state index contributed by atoms with van der Waals surface area (Å²) < 4.78 is 5.33. The second kappa shape index (κ2) is 6.50. The van der Waals surface area contributed by atoms with Crippen molar-refractivity contribution < 1.29 is 14.3 Å². The molecule has 2 aliphatic heterocycles. The van der Waals surface area contributed by atoms with E-state index in [1.54, 1.807) is 29.2 Å². The average molecular weight is 390 g/mol. The highest BCUT2D eigenvalue weighted by atomic mass is 35.5. The molecule has 1 atom stereocenters. The zero-order chi connectivity index (χ0) is 19.3. The molecule has 3 aromatic carbocycles. The van der Waals surface area contributed by atoms with Crippen molar-refractivity contribution in [1.82, 2.24) is 0 Å². The van der Waals surface area contributed by atoms with Crippen LogP contribution in [0.2, 0.25) is 5.02 Å². The van der Waals surface area contributed by atoms with Crippen LogP contribution in [0.3, 0.4) is 0 Å². The SMILES string of the molecule is O=C1OCC2=C1C(c1ccc3ccccc3c1)CC(=O)N2c1ccc(Cl)cc1. The predicted octanol–water partition coefficient (Wildman–Crippen LogP) is 4.82. The maximum Gasteiger partial charge on any atom is 0.336 e. The maximum absolute atomic E-state index is 13.1. The Balaban J connectivity index is 1.63. The molecule has 0 fully saturated rings. The minimum atomic E-state index is -0.348. The molecule has 0 bridgehead atoms. The first-order valence-electron chi connectivity index (χ1n) is 9.09. The molecular weight excluding hydrogens is 374 g/mol. The second-order valence-electron chi connectivity index (χ2n) is 7.01. The molecule has 0 aromatic heterocycles. The summed E-state index contributed by atoms with van der Waals surface area (Å²) in [6, 6.07) is 21.2. The van der Waals surface area contributed by atoms with E-state index >= 15 is 0 Å². The molecule has 5 heteroatoms. The number of hydrogen-bond donors (Lipinski definition) is 0. The van der Waals surface area contributed by atoms with Crippen LogP contribution < -0.4 is 4.90 Å². The second-order valence-corrected chi connectivity index (χ2v) is 7.44. The number of anilines is 1. The first kappa shape index (κ1) is 17.0. The van der Waals surface area contributed by atoms with Gasteiger partial charge in [0, 0.05) is 23.0 Å². The van der Waals surface area contributed by atoms with Crippen LogP contribution in [0.5, 0.6) is 0 Å². The molecule has 0 saturated heterocycles. The number of halogens is 1. The predicted molar refractivity (Wildman–Crippen MR) is 108 cm³/mol. The van der Waals surface area contributed by atoms with E-state index in [4.69, 9.17) is 16.3 Å². The van der Waals surface area contributed by atoms with Gasteiger partial charge >= 0.3 is 5.97 Å². The van der Waals surface area contributed by atoms with E-state index in [0.29, 0.717) is 22.0 Å². The fraction of sp³-hybridized carbons (Fsp3) is 0.130. The lowest BCUT2D eigenvalue weighted by atomic mass is 9.83. The van der Waals surface area contributed by atoms with Crippen molar-refractivity contribution in [3.8, 4) is 0 Å². The van der Waals surface area contributed by atoms with Crippen molar-refractivity contribution in [2.24, 2.45) is 0 Å². The zero-order valence-corrected chi connectivity index (χ0v) is 15.6. The van der Waals surface area contributed by atoms with Crippen LogP contribution in [-0.2, 0) is 14.3 Å². The first-order valence-corrected chi connectivity index (χ1v) is 9.47. The van der Waals surface area contributed by atoms with Gasteiger partial charge < -0.3 is 4.74 Å². The highest BCUT2D eigenvalue weighted by Gasteiger charge is 2.42. The van der Waals surface area contributed by atoms with Gasteiger partial charge in [-0.05, 0) is 40.6 Å². The Morgan fingerprint density at radius 3 is 2.46 bits per heavy atom. The van der Waals surface area contributed by atoms with Gasteiger partial charge in [-0.3, -0.25) is 9.69 Å². The van der Waals surface area contributed by atoms with Crippen LogP contribution in [0, 0.1) is 0 Å². The van der Waals surface area contributed by atoms with Gasteiger partial charge in [-0.2, -0.15) is 0 Å². The third kappa shape index (κ3) is 2.69. The normalized spacial score (nSPS) is 19.2. The minimum absolute atomic E-state index is 0.0578. The highest BCUT2D eigenvalue weighted by Crippen LogP contribution is 2.42. The van der Waals surface area contributed by atoms with Crippen LogP contribution in [-0.4, -0.2) is 18.5 Å². The van der Waals surface area contributed by atoms with Crippen LogP contribution in [0.25, 0.3) is 10.8 Å². The van der Waals surface area contributed by atoms with Gasteiger partial charge in [0.15, 0.2) is 0 Å². The Morgan fingerprint density at radius 1 is 0.929 bits per heavy atom. The summed E-state index contributed by atoms with van der Waals surface area (Å²) in [5.41, 5.74) is 2.85. The van der Waals surface area contributed by atoms with Crippen molar-refractivity contribution >= 4 is 39.9 Å². The van der Waals surface area contributed by atoms with E-state index in [1.807, 2.05) is 36.4 Å². The number of nitrogens with zero attached hydrogens (tertiary/aromatic N) is 1. The maximum atomic E-state index is 13.1. The summed E-state index contributed by atoms with van der Waals surface area (Å²) in [7, 11) is 0. The Hall–Kier alpha value is -3.11. The smallest absolute Gasteiger partial charge is 0.336 e. The number of rotatable bonds is 2. The summed E-state index contributed by atoms with van der Waals surface area (Å²) in [4.78, 5) is 27.2. The number of amides is 1. The monoisotopic (exact) mass is 389 g/mol. The molecule has 28 heavy (non-hydrogen) atoms. The molecule has 0 N–H and O–H groups in total. The van der Waals surface area contributed by atoms with Gasteiger partial charge in [-0.1, -0.05) is 54.1 Å². The van der Waals surface area contributed by atoms with Crippen molar-refractivity contribution in [3.63, 3.8) is 0 Å². The fourth-order valence-electron chi connectivity index (χ4n) is 4.05. The topological polar surface area (TPSA) is 46.6 Å². The van der Waals surface area contributed by atoms with Crippen molar-refractivity contribution in [3.05, 3.63) is 88.6 Å². The molecular formula is C23H16ClNO3. The lowest BCUT2D eigenvalue weighted by Gasteiger charge is -2.32. The number of hydrogen-bond acceptors (Lipinski definition) is 3. The first-order chi connectivity index (χ1) is 13.6. The third-order valence-electron chi connectivity index (χ3n) is 5.38. The van der Waals surface area contributed by atoms with Crippen molar-refractivity contribution in [2.75, 3.05) is 11.5 Å². The summed E-state index contributed by atoms with van der Waals surface area (Å²) in [5.74, 6) is -0.706. The van der Waals surface area contributed by atoms with Crippen molar-refractivity contribution in [1.29, 1.82) is 0 Å². The van der Waals surface area contributed by atoms with Gasteiger partial charge in [0.2, 0.25) is 5.91 Å². The summed E-state index contributed by atoms with van der Waals surface area (Å²) in [5, 5.41) is 2.80. The summed E-state index contributed by atoms with van der Waals surface area (Å²) in [6.07, 6.45) is 0.217. The van der Waals surface area contributed by atoms with Crippen LogP contribution in [0.1, 0.15) is 17.9 Å². The molecule has 0 saturated carbocycles. The van der Waals surface area contributed by atoms with Crippen LogP contribution in [0.15, 0.2) is 78.0 Å². The lowest BCUT2D eigenvalue weighted by Crippen LogP contribution is -2.37. The quantitative estimate of drug-likeness (QED) is 0.590. The number of benzene rings is 3. The fourth-order valence-corrected chi connectivity index (χ4v) is 4.18. The van der Waals surface area contributed by atoms with E-state index in [1.165, 1.54) is 0 Å². The molecule has 0 spiro atoms. The number of esters is 1. The van der Waals surface area contributed by atoms with Crippen LogP contribution in [0.4, 0.5) is 5.69 Å². The third-order valence-corrected chi connectivity index (χ3v) is 5.63. The van der Waals surface area contributed by atoms with Gasteiger partial charge in [0.05, 0.1) is 11.3 Å². The number of ether oxygens (including phenoxy) is 1. The largest absolute Gasteiger partial charge is 0.456 e. The van der Waals surface area contributed by atoms with Gasteiger partial charge in [-0.15, -0.1) is 0 Å². The van der Waals surface area contributed by atoms with Crippen LogP contribution >= 0.6 is 11.6 Å². The lowest BCUT2D eigenvalue weighted by molar-refractivity contribution is -0.136. The minimum Gasteiger partial charge on any atom is -0.456 e. The molecule has 4 nitrogen and oxygen atoms in total. The van der Waals surface area contributed by atoms with Gasteiger partial charge in [-0.25, -0.2) is 4.79 Å². The Morgan fingerprint density at radius 2 is 1.68 bits per heavy atom. The van der Waals surface area contributed by atoms with E-state index in [2.05, 4.69) is 6.07 Å². The Kier molecular flexibility index (Phi) is 3.95. The van der Waals surface area contributed by atoms with E-state index in [9.17, 15) is 9.59 Å². The zero-order valence-electron chi connectivity index (χ0n) is 14.9. The molecule has 5 rings (SSSR count). The van der Waals surface area contributed by atoms with Crippen molar-refractivity contribution in [2.45, 2.75) is 12.3 Å². The number of carbonyl (C=O) groups excluding carboxylic acids is 2. The van der Waals surface area contributed by atoms with E-state index < -0.39 is 0 Å². The average Bonchev–Trinajstić information content (AvgIpc) is 3.09. The van der Waals surface area contributed by atoms with E-state index in [0.717, 1.165) is 16.3 Å². The highest BCUT2D eigenvalue weighted by molar-refractivity contribution is 6.30. The molecule has 3 aromatic rings. The number of fused-ring (bicyclic) bond motifs is 1. The molecule has 1 amide bonds. The molecule has 0 radical (unpaired) electrons. The summed E-state index contributed by atoms with van der Waals surface area (Å²) >= 11 is 5.98. The Labute approximate surface area is 167 Å². The molecule has 2 aliphatic rings. The number of carbonyl (C=O) groups is 2. The molecule has 1 unspecified atom stereocenters. The standard InChI is InChI=1S/C23H16ClNO3/c24-17-7-9-18(10-8-17)25-20-13-28-23(27)22(20)19(12-21(25)26)16-6-5-14-3-1-2-4-15(14)11-16/h1-11,19H,12-13H2. The summed E-state index contributed by atoms with van der Waals surface area (Å²) in [6.45, 7) is 0.104. The molecule has 0 aliphatic carbocycles. The van der Waals surface area contributed by atoms with E-state index in [-0.39, 0.29) is 30.8 Å². The van der Waals surface area contributed by atoms with Gasteiger partial charge in [0.1, 0.15) is 6.61 Å². The molecule has 138 valence electrons. The molecule has 2 heterocycles. The Bertz CT molecular complexity index is 1150. The van der Waals surface area contributed by atoms with Gasteiger partial charge in [0.25, 0.3) is 0 Å². The number of cyclic esters (lactones) is 1.